The summed E-state index contributed by atoms with van der Waals surface area (Å²) in [4.78, 5) is 10.8. The lowest BCUT2D eigenvalue weighted by Crippen LogP contribution is -1.98. The Bertz CT molecular complexity index is 259. The quantitative estimate of drug-likeness (QED) is 0.508. The molecule has 0 bridgehead atoms. The number of ether oxygens (including phenoxy) is 1. The summed E-state index contributed by atoms with van der Waals surface area (Å²) in [5.74, 6) is 0.289. The lowest BCUT2D eigenvalue weighted by molar-refractivity contribution is -0.137. The molecule has 0 atom stereocenters. The van der Waals surface area contributed by atoms with Crippen LogP contribution in [0.2, 0.25) is 0 Å². The third kappa shape index (κ3) is 2.62. The molecule has 0 spiro atoms. The van der Waals surface area contributed by atoms with Gasteiger partial charge in [0.05, 0.1) is 12.9 Å². The molecule has 3 heteroatoms. The molecule has 1 rings (SSSR count). The first-order valence-electron chi connectivity index (χ1n) is 3.71. The van der Waals surface area contributed by atoms with Crippen molar-refractivity contribution in [3.05, 3.63) is 30.2 Å². The SMILES string of the molecule is CCOC(=O)C=Cc1ccco1. The lowest BCUT2D eigenvalue weighted by atomic mass is 10.4. The lowest BCUT2D eigenvalue weighted by Gasteiger charge is -1.92. The van der Waals surface area contributed by atoms with E-state index in [0.717, 1.165) is 0 Å². The van der Waals surface area contributed by atoms with Crippen LogP contribution in [0.5, 0.6) is 0 Å². The van der Waals surface area contributed by atoms with Crippen molar-refractivity contribution in [1.82, 2.24) is 0 Å². The molecular formula is C9H10O3. The molecule has 0 fully saturated rings. The van der Waals surface area contributed by atoms with Crippen LogP contribution in [0.1, 0.15) is 12.7 Å². The van der Waals surface area contributed by atoms with Gasteiger partial charge in [-0.25, -0.2) is 4.79 Å². The molecule has 0 aliphatic carbocycles. The van der Waals surface area contributed by atoms with E-state index in [0.29, 0.717) is 12.4 Å². The summed E-state index contributed by atoms with van der Waals surface area (Å²) >= 11 is 0. The van der Waals surface area contributed by atoms with E-state index in [2.05, 4.69) is 4.74 Å². The third-order valence-electron chi connectivity index (χ3n) is 1.21. The average Bonchev–Trinajstić information content (AvgIpc) is 2.53. The van der Waals surface area contributed by atoms with Crippen LogP contribution in [-0.4, -0.2) is 12.6 Å². The van der Waals surface area contributed by atoms with Crippen molar-refractivity contribution < 1.29 is 13.9 Å². The van der Waals surface area contributed by atoms with Crippen molar-refractivity contribution in [2.45, 2.75) is 6.92 Å². The first-order valence-corrected chi connectivity index (χ1v) is 3.71. The average molecular weight is 166 g/mol. The number of esters is 1. The molecule has 3 nitrogen and oxygen atoms in total. The van der Waals surface area contributed by atoms with Crippen LogP contribution >= 0.6 is 0 Å². The Morgan fingerprint density at radius 2 is 2.58 bits per heavy atom. The van der Waals surface area contributed by atoms with Crippen LogP contribution in [-0.2, 0) is 9.53 Å². The maximum absolute atomic E-state index is 10.8. The Kier molecular flexibility index (Phi) is 3.14. The Hall–Kier alpha value is -1.51. The summed E-state index contributed by atoms with van der Waals surface area (Å²) in [6.07, 6.45) is 4.45. The van der Waals surface area contributed by atoms with Gasteiger partial charge in [0.1, 0.15) is 5.76 Å². The highest BCUT2D eigenvalue weighted by Crippen LogP contribution is 2.01. The molecule has 0 amide bonds. The van der Waals surface area contributed by atoms with Crippen LogP contribution < -0.4 is 0 Å². The Labute approximate surface area is 70.6 Å². The molecule has 12 heavy (non-hydrogen) atoms. The fraction of sp³-hybridized carbons (Fsp3) is 0.222. The molecule has 0 aliphatic heterocycles. The standard InChI is InChI=1S/C9H10O3/c1-2-11-9(10)6-5-8-4-3-7-12-8/h3-7H,2H2,1H3. The van der Waals surface area contributed by atoms with Gasteiger partial charge < -0.3 is 9.15 Å². The fourth-order valence-electron chi connectivity index (χ4n) is 0.727. The zero-order valence-electron chi connectivity index (χ0n) is 6.82. The Morgan fingerprint density at radius 3 is 3.17 bits per heavy atom. The van der Waals surface area contributed by atoms with Gasteiger partial charge in [0.25, 0.3) is 0 Å². The van der Waals surface area contributed by atoms with E-state index in [1.165, 1.54) is 6.08 Å². The molecule has 0 aliphatic rings. The molecule has 64 valence electrons. The smallest absolute Gasteiger partial charge is 0.330 e. The molecular weight excluding hydrogens is 156 g/mol. The van der Waals surface area contributed by atoms with Crippen molar-refractivity contribution >= 4 is 12.0 Å². The summed E-state index contributed by atoms with van der Waals surface area (Å²) in [6.45, 7) is 2.15. The zero-order chi connectivity index (χ0) is 8.81. The van der Waals surface area contributed by atoms with E-state index in [1.54, 1.807) is 31.4 Å². The van der Waals surface area contributed by atoms with Crippen LogP contribution in [0.4, 0.5) is 0 Å². The first-order chi connectivity index (χ1) is 5.83. The second-order valence-electron chi connectivity index (χ2n) is 2.10. The monoisotopic (exact) mass is 166 g/mol. The van der Waals surface area contributed by atoms with E-state index in [9.17, 15) is 4.79 Å². The molecule has 0 aromatic carbocycles. The summed E-state index contributed by atoms with van der Waals surface area (Å²) in [5, 5.41) is 0. The predicted octanol–water partition coefficient (Wildman–Crippen LogP) is 1.86. The number of rotatable bonds is 3. The summed E-state index contributed by atoms with van der Waals surface area (Å²) in [5.41, 5.74) is 0. The van der Waals surface area contributed by atoms with Gasteiger partial charge in [-0.05, 0) is 25.1 Å². The number of hydrogen-bond acceptors (Lipinski definition) is 3. The van der Waals surface area contributed by atoms with E-state index in [-0.39, 0.29) is 5.97 Å². The molecule has 0 radical (unpaired) electrons. The maximum Gasteiger partial charge on any atom is 0.330 e. The Balaban J connectivity index is 2.45. The highest BCUT2D eigenvalue weighted by atomic mass is 16.5. The molecule has 0 saturated carbocycles. The minimum atomic E-state index is -0.353. The predicted molar refractivity (Wildman–Crippen MR) is 44.4 cm³/mol. The van der Waals surface area contributed by atoms with Crippen LogP contribution in [0.25, 0.3) is 6.08 Å². The molecule has 1 aromatic rings. The Morgan fingerprint density at radius 1 is 1.75 bits per heavy atom. The largest absolute Gasteiger partial charge is 0.465 e. The van der Waals surface area contributed by atoms with Gasteiger partial charge >= 0.3 is 5.97 Å². The van der Waals surface area contributed by atoms with Crippen LogP contribution in [0.15, 0.2) is 28.9 Å². The maximum atomic E-state index is 10.8. The number of hydrogen-bond donors (Lipinski definition) is 0. The van der Waals surface area contributed by atoms with Crippen molar-refractivity contribution in [1.29, 1.82) is 0 Å². The molecule has 1 heterocycles. The highest BCUT2D eigenvalue weighted by Gasteiger charge is 1.93. The fourth-order valence-corrected chi connectivity index (χ4v) is 0.727. The molecule has 0 saturated heterocycles. The van der Waals surface area contributed by atoms with E-state index in [1.807, 2.05) is 0 Å². The minimum Gasteiger partial charge on any atom is -0.465 e. The molecule has 0 N–H and O–H groups in total. The number of furan rings is 1. The number of carbonyl (C=O) groups is 1. The zero-order valence-corrected chi connectivity index (χ0v) is 6.82. The van der Waals surface area contributed by atoms with Gasteiger partial charge in [0, 0.05) is 6.08 Å². The topological polar surface area (TPSA) is 39.4 Å². The van der Waals surface area contributed by atoms with Gasteiger partial charge in [-0.3, -0.25) is 0 Å². The van der Waals surface area contributed by atoms with E-state index in [4.69, 9.17) is 4.42 Å². The second kappa shape index (κ2) is 4.38. The summed E-state index contributed by atoms with van der Waals surface area (Å²) in [6, 6.07) is 3.51. The van der Waals surface area contributed by atoms with Crippen molar-refractivity contribution in [2.75, 3.05) is 6.61 Å². The van der Waals surface area contributed by atoms with E-state index >= 15 is 0 Å². The van der Waals surface area contributed by atoms with Gasteiger partial charge in [-0.2, -0.15) is 0 Å². The summed E-state index contributed by atoms with van der Waals surface area (Å²) < 4.78 is 9.64. The van der Waals surface area contributed by atoms with Crippen LogP contribution in [0, 0.1) is 0 Å². The summed E-state index contributed by atoms with van der Waals surface area (Å²) in [7, 11) is 0. The highest BCUT2D eigenvalue weighted by molar-refractivity contribution is 5.86. The minimum absolute atomic E-state index is 0.353. The van der Waals surface area contributed by atoms with Gasteiger partial charge in [0.2, 0.25) is 0 Å². The van der Waals surface area contributed by atoms with Gasteiger partial charge in [-0.1, -0.05) is 0 Å². The van der Waals surface area contributed by atoms with Crippen LogP contribution in [0.3, 0.4) is 0 Å². The molecule has 1 aromatic heterocycles. The van der Waals surface area contributed by atoms with Crippen molar-refractivity contribution in [3.63, 3.8) is 0 Å². The number of carbonyl (C=O) groups excluding carboxylic acids is 1. The second-order valence-corrected chi connectivity index (χ2v) is 2.10. The van der Waals surface area contributed by atoms with Crippen molar-refractivity contribution in [2.24, 2.45) is 0 Å². The van der Waals surface area contributed by atoms with Gasteiger partial charge in [0.15, 0.2) is 0 Å². The van der Waals surface area contributed by atoms with E-state index < -0.39 is 0 Å². The third-order valence-corrected chi connectivity index (χ3v) is 1.21. The van der Waals surface area contributed by atoms with Gasteiger partial charge in [-0.15, -0.1) is 0 Å². The molecule has 0 unspecified atom stereocenters. The normalized spacial score (nSPS) is 10.4. The first kappa shape index (κ1) is 8.59. The van der Waals surface area contributed by atoms with Crippen molar-refractivity contribution in [3.8, 4) is 0 Å².